The van der Waals surface area contributed by atoms with Crippen LogP contribution in [0.1, 0.15) is 25.2 Å². The molecule has 3 aromatic rings. The highest BCUT2D eigenvalue weighted by molar-refractivity contribution is 7.98. The van der Waals surface area contributed by atoms with E-state index < -0.39 is 0 Å². The molecule has 0 radical (unpaired) electrons. The molecule has 4 nitrogen and oxygen atoms in total. The second-order valence-electron chi connectivity index (χ2n) is 4.86. The van der Waals surface area contributed by atoms with E-state index in [0.717, 1.165) is 27.1 Å². The number of hydrogen-bond acceptors (Lipinski definition) is 4. The number of rotatable bonds is 4. The van der Waals surface area contributed by atoms with Crippen molar-refractivity contribution in [2.24, 2.45) is 7.05 Å². The number of nitrogens with zero attached hydrogens (tertiary/aromatic N) is 2. The number of hydrogen-bond donors (Lipinski definition) is 2. The summed E-state index contributed by atoms with van der Waals surface area (Å²) in [4.78, 5) is 1.01. The number of aromatic hydroxyl groups is 1. The van der Waals surface area contributed by atoms with E-state index in [1.807, 2.05) is 51.2 Å². The van der Waals surface area contributed by atoms with Gasteiger partial charge < -0.3 is 10.2 Å². The van der Waals surface area contributed by atoms with Crippen LogP contribution in [0.4, 0.5) is 0 Å². The van der Waals surface area contributed by atoms with Crippen molar-refractivity contribution >= 4 is 22.5 Å². The van der Waals surface area contributed by atoms with Gasteiger partial charge in [-0.05, 0) is 23.6 Å². The lowest BCUT2D eigenvalue weighted by molar-refractivity contribution is 0.275. The summed E-state index contributed by atoms with van der Waals surface area (Å²) in [7, 11) is 1.87. The standard InChI is InChI=1S/C16H16N2O2S.C2H6/c1-18-13(7-12(9-19)17-18)10-21-14-6-11-4-2-3-5-15(11)16(20)8-14;1-2/h2-8,19-20H,9-10H2,1H3;1-2H3. The molecule has 2 aromatic carbocycles. The first kappa shape index (κ1) is 17.4. The fourth-order valence-electron chi connectivity index (χ4n) is 2.29. The summed E-state index contributed by atoms with van der Waals surface area (Å²) >= 11 is 1.64. The van der Waals surface area contributed by atoms with E-state index in [1.54, 1.807) is 22.5 Å². The Kier molecular flexibility index (Phi) is 6.07. The van der Waals surface area contributed by atoms with Crippen LogP contribution in [0.25, 0.3) is 10.8 Å². The molecule has 0 aliphatic heterocycles. The Balaban J connectivity index is 0.000000924. The van der Waals surface area contributed by atoms with Crippen LogP contribution in [-0.2, 0) is 19.4 Å². The van der Waals surface area contributed by atoms with Crippen molar-refractivity contribution in [3.05, 3.63) is 53.9 Å². The Hall–Kier alpha value is -1.98. The van der Waals surface area contributed by atoms with Gasteiger partial charge in [0.2, 0.25) is 0 Å². The Morgan fingerprint density at radius 1 is 1.13 bits per heavy atom. The first-order valence-electron chi connectivity index (χ1n) is 7.64. The van der Waals surface area contributed by atoms with Crippen molar-refractivity contribution < 1.29 is 10.2 Å². The summed E-state index contributed by atoms with van der Waals surface area (Å²) < 4.78 is 1.78. The first-order chi connectivity index (χ1) is 11.2. The monoisotopic (exact) mass is 330 g/mol. The summed E-state index contributed by atoms with van der Waals surface area (Å²) in [6.07, 6.45) is 0. The van der Waals surface area contributed by atoms with Crippen LogP contribution in [0.3, 0.4) is 0 Å². The third kappa shape index (κ3) is 4.06. The number of aromatic nitrogens is 2. The third-order valence-electron chi connectivity index (χ3n) is 3.39. The van der Waals surface area contributed by atoms with E-state index in [0.29, 0.717) is 11.4 Å². The van der Waals surface area contributed by atoms with Crippen molar-refractivity contribution in [1.82, 2.24) is 9.78 Å². The zero-order valence-electron chi connectivity index (χ0n) is 13.7. The molecular formula is C18H22N2O2S. The summed E-state index contributed by atoms with van der Waals surface area (Å²) in [5.74, 6) is 1.04. The number of fused-ring (bicyclic) bond motifs is 1. The van der Waals surface area contributed by atoms with E-state index in [9.17, 15) is 5.11 Å². The molecule has 2 N–H and O–H groups in total. The van der Waals surface area contributed by atoms with Gasteiger partial charge in [0.25, 0.3) is 0 Å². The molecule has 0 spiro atoms. The summed E-state index contributed by atoms with van der Waals surface area (Å²) in [5, 5.41) is 25.3. The van der Waals surface area contributed by atoms with E-state index in [2.05, 4.69) is 11.2 Å². The lowest BCUT2D eigenvalue weighted by Crippen LogP contribution is -1.96. The molecule has 1 heterocycles. The number of aliphatic hydroxyl groups is 1. The molecule has 23 heavy (non-hydrogen) atoms. The highest BCUT2D eigenvalue weighted by Gasteiger charge is 2.07. The predicted octanol–water partition coefficient (Wildman–Crippen LogP) is 4.09. The van der Waals surface area contributed by atoms with E-state index in [4.69, 9.17) is 5.11 Å². The zero-order chi connectivity index (χ0) is 16.8. The number of phenols is 1. The molecule has 5 heteroatoms. The van der Waals surface area contributed by atoms with Gasteiger partial charge in [0, 0.05) is 28.8 Å². The highest BCUT2D eigenvalue weighted by Crippen LogP contribution is 2.32. The Morgan fingerprint density at radius 3 is 2.57 bits per heavy atom. The molecule has 0 aliphatic carbocycles. The SMILES string of the molecule is CC.Cn1nc(CO)cc1CSc1cc(O)c2ccccc2c1. The van der Waals surface area contributed by atoms with Crippen LogP contribution in [0.15, 0.2) is 47.4 Å². The highest BCUT2D eigenvalue weighted by atomic mass is 32.2. The van der Waals surface area contributed by atoms with Gasteiger partial charge in [-0.3, -0.25) is 4.68 Å². The molecule has 0 fully saturated rings. The smallest absolute Gasteiger partial charge is 0.124 e. The lowest BCUT2D eigenvalue weighted by Gasteiger charge is -2.06. The molecule has 0 amide bonds. The van der Waals surface area contributed by atoms with E-state index >= 15 is 0 Å². The van der Waals surface area contributed by atoms with Crippen molar-refractivity contribution in [2.45, 2.75) is 31.1 Å². The van der Waals surface area contributed by atoms with Crippen LogP contribution in [-0.4, -0.2) is 20.0 Å². The summed E-state index contributed by atoms with van der Waals surface area (Å²) in [6, 6.07) is 13.5. The number of aryl methyl sites for hydroxylation is 1. The van der Waals surface area contributed by atoms with Crippen molar-refractivity contribution in [3.8, 4) is 5.75 Å². The maximum Gasteiger partial charge on any atom is 0.124 e. The van der Waals surface area contributed by atoms with Crippen molar-refractivity contribution in [3.63, 3.8) is 0 Å². The second kappa shape index (κ2) is 8.04. The van der Waals surface area contributed by atoms with Crippen LogP contribution < -0.4 is 0 Å². The predicted molar refractivity (Wildman–Crippen MR) is 95.7 cm³/mol. The van der Waals surface area contributed by atoms with Gasteiger partial charge in [0.05, 0.1) is 12.3 Å². The topological polar surface area (TPSA) is 58.3 Å². The van der Waals surface area contributed by atoms with Crippen LogP contribution in [0, 0.1) is 0 Å². The van der Waals surface area contributed by atoms with Crippen LogP contribution in [0.2, 0.25) is 0 Å². The first-order valence-corrected chi connectivity index (χ1v) is 8.63. The number of aliphatic hydroxyl groups excluding tert-OH is 1. The molecule has 1 aromatic heterocycles. The second-order valence-corrected chi connectivity index (χ2v) is 5.91. The average molecular weight is 330 g/mol. The number of phenolic OH excluding ortho intramolecular Hbond substituents is 1. The van der Waals surface area contributed by atoms with Crippen molar-refractivity contribution in [2.75, 3.05) is 0 Å². The van der Waals surface area contributed by atoms with Gasteiger partial charge in [0.1, 0.15) is 5.75 Å². The minimum atomic E-state index is -0.0464. The van der Waals surface area contributed by atoms with E-state index in [1.165, 1.54) is 0 Å². The normalized spacial score (nSPS) is 10.4. The minimum absolute atomic E-state index is 0.0464. The maximum atomic E-state index is 10.1. The fraction of sp³-hybridized carbons (Fsp3) is 0.278. The van der Waals surface area contributed by atoms with Crippen molar-refractivity contribution in [1.29, 1.82) is 0 Å². The van der Waals surface area contributed by atoms with Gasteiger partial charge in [-0.1, -0.05) is 38.1 Å². The van der Waals surface area contributed by atoms with Crippen LogP contribution in [0.5, 0.6) is 5.75 Å². The Labute approximate surface area is 140 Å². The van der Waals surface area contributed by atoms with Crippen LogP contribution >= 0.6 is 11.8 Å². The molecule has 122 valence electrons. The molecular weight excluding hydrogens is 308 g/mol. The van der Waals surface area contributed by atoms with Gasteiger partial charge in [-0.25, -0.2) is 0 Å². The summed E-state index contributed by atoms with van der Waals surface area (Å²) in [5.41, 5.74) is 1.71. The minimum Gasteiger partial charge on any atom is -0.507 e. The zero-order valence-corrected chi connectivity index (χ0v) is 14.5. The molecule has 0 saturated carbocycles. The quantitative estimate of drug-likeness (QED) is 0.707. The number of thioether (sulfide) groups is 1. The van der Waals surface area contributed by atoms with E-state index in [-0.39, 0.29) is 6.61 Å². The number of benzene rings is 2. The Morgan fingerprint density at radius 2 is 1.87 bits per heavy atom. The Bertz CT molecular complexity index is 784. The fourth-order valence-corrected chi connectivity index (χ4v) is 3.28. The molecule has 0 saturated heterocycles. The molecule has 0 atom stereocenters. The molecule has 0 bridgehead atoms. The average Bonchev–Trinajstić information content (AvgIpc) is 2.95. The largest absolute Gasteiger partial charge is 0.507 e. The van der Waals surface area contributed by atoms with Gasteiger partial charge in [-0.15, -0.1) is 11.8 Å². The summed E-state index contributed by atoms with van der Waals surface area (Å²) in [6.45, 7) is 3.95. The van der Waals surface area contributed by atoms with Gasteiger partial charge in [-0.2, -0.15) is 5.10 Å². The maximum absolute atomic E-state index is 10.1. The van der Waals surface area contributed by atoms with Gasteiger partial charge in [0.15, 0.2) is 0 Å². The molecule has 0 unspecified atom stereocenters. The molecule has 0 aliphatic rings. The molecule has 3 rings (SSSR count). The van der Waals surface area contributed by atoms with Gasteiger partial charge >= 0.3 is 0 Å². The third-order valence-corrected chi connectivity index (χ3v) is 4.40. The lowest BCUT2D eigenvalue weighted by atomic mass is 10.1.